The van der Waals surface area contributed by atoms with E-state index in [2.05, 4.69) is 17.1 Å². The third-order valence-corrected chi connectivity index (χ3v) is 4.23. The number of likely N-dealkylation sites (tertiary alicyclic amines) is 1. The molecule has 0 aliphatic carbocycles. The van der Waals surface area contributed by atoms with Crippen LogP contribution >= 0.6 is 0 Å². The van der Waals surface area contributed by atoms with Gasteiger partial charge in [0.25, 0.3) is 0 Å². The van der Waals surface area contributed by atoms with Gasteiger partial charge in [-0.15, -0.1) is 0 Å². The zero-order valence-corrected chi connectivity index (χ0v) is 12.2. The Kier molecular flexibility index (Phi) is 5.56. The van der Waals surface area contributed by atoms with E-state index < -0.39 is 0 Å². The number of nitrogens with one attached hydrogen (secondary N) is 1. The standard InChI is InChI=1S/C16H25N3O/c1-2-13-11-19(9-8-14(13)10-17)12-16(20)18-15-6-4-3-5-7-15/h3-7,13-14H,2,8-12,17H2,1H3,(H,18,20). The summed E-state index contributed by atoms with van der Waals surface area (Å²) in [4.78, 5) is 14.3. The average Bonchev–Trinajstić information content (AvgIpc) is 2.48. The Balaban J connectivity index is 1.83. The van der Waals surface area contributed by atoms with Crippen LogP contribution in [-0.2, 0) is 4.79 Å². The van der Waals surface area contributed by atoms with Crippen molar-refractivity contribution in [1.82, 2.24) is 4.90 Å². The molecule has 0 radical (unpaired) electrons. The third kappa shape index (κ3) is 4.05. The predicted octanol–water partition coefficient (Wildman–Crippen LogP) is 1.93. The maximum Gasteiger partial charge on any atom is 0.238 e. The van der Waals surface area contributed by atoms with Crippen LogP contribution in [0.1, 0.15) is 19.8 Å². The number of rotatable bonds is 5. The Morgan fingerprint density at radius 3 is 2.75 bits per heavy atom. The molecule has 0 aromatic heterocycles. The maximum absolute atomic E-state index is 12.0. The van der Waals surface area contributed by atoms with Gasteiger partial charge in [0, 0.05) is 12.2 Å². The first kappa shape index (κ1) is 15.0. The number of nitrogens with two attached hydrogens (primary N) is 1. The van der Waals surface area contributed by atoms with Crippen LogP contribution in [0.4, 0.5) is 5.69 Å². The topological polar surface area (TPSA) is 58.4 Å². The molecule has 0 bridgehead atoms. The number of para-hydroxylation sites is 1. The zero-order chi connectivity index (χ0) is 14.4. The van der Waals surface area contributed by atoms with E-state index in [9.17, 15) is 4.79 Å². The van der Waals surface area contributed by atoms with Crippen LogP contribution in [0.3, 0.4) is 0 Å². The molecule has 1 heterocycles. The molecule has 0 saturated carbocycles. The Morgan fingerprint density at radius 1 is 1.35 bits per heavy atom. The summed E-state index contributed by atoms with van der Waals surface area (Å²) in [6, 6.07) is 9.62. The normalized spacial score (nSPS) is 23.5. The molecule has 110 valence electrons. The van der Waals surface area contributed by atoms with Crippen molar-refractivity contribution in [2.24, 2.45) is 17.6 Å². The first-order valence-electron chi connectivity index (χ1n) is 7.50. The molecule has 1 amide bonds. The average molecular weight is 275 g/mol. The minimum atomic E-state index is 0.0669. The van der Waals surface area contributed by atoms with E-state index in [0.29, 0.717) is 18.4 Å². The van der Waals surface area contributed by atoms with Gasteiger partial charge in [-0.2, -0.15) is 0 Å². The molecule has 1 aliphatic rings. The summed E-state index contributed by atoms with van der Waals surface area (Å²) in [7, 11) is 0. The summed E-state index contributed by atoms with van der Waals surface area (Å²) in [5.74, 6) is 1.31. The molecule has 4 nitrogen and oxygen atoms in total. The maximum atomic E-state index is 12.0. The molecule has 2 rings (SSSR count). The summed E-state index contributed by atoms with van der Waals surface area (Å²) in [6.45, 7) is 5.41. The highest BCUT2D eigenvalue weighted by molar-refractivity contribution is 5.92. The first-order chi connectivity index (χ1) is 9.72. The summed E-state index contributed by atoms with van der Waals surface area (Å²) in [5, 5.41) is 2.94. The number of amides is 1. The van der Waals surface area contributed by atoms with Gasteiger partial charge in [-0.1, -0.05) is 31.5 Å². The van der Waals surface area contributed by atoms with Crippen LogP contribution in [0.2, 0.25) is 0 Å². The van der Waals surface area contributed by atoms with E-state index in [4.69, 9.17) is 5.73 Å². The molecule has 1 fully saturated rings. The van der Waals surface area contributed by atoms with Crippen LogP contribution in [0, 0.1) is 11.8 Å². The molecular formula is C16H25N3O. The van der Waals surface area contributed by atoms with Crippen molar-refractivity contribution < 1.29 is 4.79 Å². The number of hydrogen-bond donors (Lipinski definition) is 2. The quantitative estimate of drug-likeness (QED) is 0.863. The van der Waals surface area contributed by atoms with E-state index in [-0.39, 0.29) is 5.91 Å². The zero-order valence-electron chi connectivity index (χ0n) is 12.2. The monoisotopic (exact) mass is 275 g/mol. The van der Waals surface area contributed by atoms with E-state index in [1.807, 2.05) is 30.3 Å². The van der Waals surface area contributed by atoms with E-state index in [1.165, 1.54) is 0 Å². The van der Waals surface area contributed by atoms with Crippen molar-refractivity contribution in [3.05, 3.63) is 30.3 Å². The lowest BCUT2D eigenvalue weighted by Gasteiger charge is -2.37. The number of benzene rings is 1. The SMILES string of the molecule is CCC1CN(CC(=O)Nc2ccccc2)CCC1CN. The molecule has 1 aromatic carbocycles. The van der Waals surface area contributed by atoms with Crippen LogP contribution in [-0.4, -0.2) is 37.0 Å². The van der Waals surface area contributed by atoms with Gasteiger partial charge in [-0.25, -0.2) is 0 Å². The highest BCUT2D eigenvalue weighted by Gasteiger charge is 2.27. The molecule has 2 unspecified atom stereocenters. The Morgan fingerprint density at radius 2 is 2.10 bits per heavy atom. The Bertz CT molecular complexity index is 421. The largest absolute Gasteiger partial charge is 0.330 e. The van der Waals surface area contributed by atoms with Gasteiger partial charge in [0.1, 0.15) is 0 Å². The van der Waals surface area contributed by atoms with Gasteiger partial charge in [0.2, 0.25) is 5.91 Å². The number of carbonyl (C=O) groups excluding carboxylic acids is 1. The second-order valence-corrected chi connectivity index (χ2v) is 5.60. The molecule has 3 N–H and O–H groups in total. The third-order valence-electron chi connectivity index (χ3n) is 4.23. The molecule has 1 aliphatic heterocycles. The number of nitrogens with zero attached hydrogens (tertiary/aromatic N) is 1. The lowest BCUT2D eigenvalue weighted by molar-refractivity contribution is -0.117. The molecule has 20 heavy (non-hydrogen) atoms. The van der Waals surface area contributed by atoms with Gasteiger partial charge in [0.05, 0.1) is 6.54 Å². The molecule has 1 saturated heterocycles. The minimum absolute atomic E-state index is 0.0669. The molecular weight excluding hydrogens is 250 g/mol. The van der Waals surface area contributed by atoms with Crippen molar-refractivity contribution in [2.75, 3.05) is 31.5 Å². The van der Waals surface area contributed by atoms with Crippen molar-refractivity contribution >= 4 is 11.6 Å². The lowest BCUT2D eigenvalue weighted by Crippen LogP contribution is -2.45. The number of anilines is 1. The smallest absolute Gasteiger partial charge is 0.238 e. The van der Waals surface area contributed by atoms with E-state index in [1.54, 1.807) is 0 Å². The van der Waals surface area contributed by atoms with Gasteiger partial charge in [-0.05, 0) is 43.5 Å². The van der Waals surface area contributed by atoms with Crippen molar-refractivity contribution in [3.63, 3.8) is 0 Å². The number of piperidine rings is 1. The van der Waals surface area contributed by atoms with Crippen LogP contribution < -0.4 is 11.1 Å². The molecule has 2 atom stereocenters. The van der Waals surface area contributed by atoms with Crippen LogP contribution in [0.5, 0.6) is 0 Å². The predicted molar refractivity (Wildman–Crippen MR) is 82.5 cm³/mol. The minimum Gasteiger partial charge on any atom is -0.330 e. The highest BCUT2D eigenvalue weighted by Crippen LogP contribution is 2.25. The summed E-state index contributed by atoms with van der Waals surface area (Å²) in [6.07, 6.45) is 2.24. The first-order valence-corrected chi connectivity index (χ1v) is 7.50. The Hall–Kier alpha value is -1.39. The van der Waals surface area contributed by atoms with E-state index >= 15 is 0 Å². The molecule has 4 heteroatoms. The van der Waals surface area contributed by atoms with E-state index in [0.717, 1.165) is 38.2 Å². The summed E-state index contributed by atoms with van der Waals surface area (Å²) >= 11 is 0. The van der Waals surface area contributed by atoms with Crippen LogP contribution in [0.25, 0.3) is 0 Å². The van der Waals surface area contributed by atoms with Gasteiger partial charge < -0.3 is 11.1 Å². The van der Waals surface area contributed by atoms with Gasteiger partial charge in [0.15, 0.2) is 0 Å². The van der Waals surface area contributed by atoms with Gasteiger partial charge >= 0.3 is 0 Å². The second-order valence-electron chi connectivity index (χ2n) is 5.60. The molecule has 0 spiro atoms. The van der Waals surface area contributed by atoms with Crippen molar-refractivity contribution in [1.29, 1.82) is 0 Å². The van der Waals surface area contributed by atoms with Gasteiger partial charge in [-0.3, -0.25) is 9.69 Å². The summed E-state index contributed by atoms with van der Waals surface area (Å²) < 4.78 is 0. The summed E-state index contributed by atoms with van der Waals surface area (Å²) in [5.41, 5.74) is 6.68. The van der Waals surface area contributed by atoms with Crippen molar-refractivity contribution in [2.45, 2.75) is 19.8 Å². The highest BCUT2D eigenvalue weighted by atomic mass is 16.2. The number of hydrogen-bond acceptors (Lipinski definition) is 3. The fraction of sp³-hybridized carbons (Fsp3) is 0.562. The van der Waals surface area contributed by atoms with Crippen LogP contribution in [0.15, 0.2) is 30.3 Å². The Labute approximate surface area is 121 Å². The second kappa shape index (κ2) is 7.41. The lowest BCUT2D eigenvalue weighted by atomic mass is 9.84. The fourth-order valence-corrected chi connectivity index (χ4v) is 3.00. The molecule has 1 aromatic rings. The van der Waals surface area contributed by atoms with Crippen molar-refractivity contribution in [3.8, 4) is 0 Å². The fourth-order valence-electron chi connectivity index (χ4n) is 3.00. The number of carbonyl (C=O) groups is 1.